The van der Waals surface area contributed by atoms with Gasteiger partial charge >= 0.3 is 0 Å². The van der Waals surface area contributed by atoms with Gasteiger partial charge in [0.05, 0.1) is 7.11 Å². The standard InChI is InChI=1S/C31H35NO/c1-6-22(4)23-11-15-25(16-12-23)32-30-20-19-29(27-9-7-8-10-28(27)30)31(21(2)3)24-13-17-26(33-5)18-14-24/h7-22,31-32H,6H2,1-5H3. The molecule has 2 heteroatoms. The Labute approximate surface area is 198 Å². The number of anilines is 2. The minimum Gasteiger partial charge on any atom is -0.497 e. The molecule has 33 heavy (non-hydrogen) atoms. The van der Waals surface area contributed by atoms with Gasteiger partial charge in [0.25, 0.3) is 0 Å². The summed E-state index contributed by atoms with van der Waals surface area (Å²) in [5, 5.41) is 6.21. The van der Waals surface area contributed by atoms with Crippen LogP contribution in [-0.2, 0) is 0 Å². The van der Waals surface area contributed by atoms with E-state index in [0.717, 1.165) is 23.5 Å². The van der Waals surface area contributed by atoms with Crippen molar-refractivity contribution in [2.45, 2.75) is 46.0 Å². The lowest BCUT2D eigenvalue weighted by Crippen LogP contribution is -2.09. The van der Waals surface area contributed by atoms with Crippen LogP contribution in [0.4, 0.5) is 11.4 Å². The van der Waals surface area contributed by atoms with Crippen LogP contribution in [0.2, 0.25) is 0 Å². The second-order valence-electron chi connectivity index (χ2n) is 9.30. The number of fused-ring (bicyclic) bond motifs is 1. The molecule has 0 radical (unpaired) electrons. The lowest BCUT2D eigenvalue weighted by Gasteiger charge is -2.25. The molecule has 0 bridgehead atoms. The summed E-state index contributed by atoms with van der Waals surface area (Å²) in [6.07, 6.45) is 1.16. The molecule has 0 aromatic heterocycles. The SMILES string of the molecule is CCC(C)c1ccc(Nc2ccc(C(c3ccc(OC)cc3)C(C)C)c3ccccc23)cc1. The normalized spacial score (nSPS) is 13.2. The van der Waals surface area contributed by atoms with E-state index in [1.807, 2.05) is 0 Å². The Morgan fingerprint density at radius 2 is 1.36 bits per heavy atom. The Kier molecular flexibility index (Phi) is 7.03. The van der Waals surface area contributed by atoms with Gasteiger partial charge < -0.3 is 10.1 Å². The molecule has 2 atom stereocenters. The van der Waals surface area contributed by atoms with Gasteiger partial charge in [0.15, 0.2) is 0 Å². The van der Waals surface area contributed by atoms with Crippen LogP contribution in [0.5, 0.6) is 5.75 Å². The van der Waals surface area contributed by atoms with Gasteiger partial charge in [0.1, 0.15) is 5.75 Å². The molecule has 4 aromatic carbocycles. The molecule has 0 amide bonds. The van der Waals surface area contributed by atoms with E-state index in [0.29, 0.717) is 17.8 Å². The molecule has 2 unspecified atom stereocenters. The van der Waals surface area contributed by atoms with Gasteiger partial charge in [0, 0.05) is 22.7 Å². The Balaban J connectivity index is 1.72. The Morgan fingerprint density at radius 1 is 0.727 bits per heavy atom. The zero-order valence-corrected chi connectivity index (χ0v) is 20.4. The molecule has 0 aliphatic rings. The molecule has 170 valence electrons. The van der Waals surface area contributed by atoms with Crippen LogP contribution in [-0.4, -0.2) is 7.11 Å². The van der Waals surface area contributed by atoms with Gasteiger partial charge in [-0.3, -0.25) is 0 Å². The summed E-state index contributed by atoms with van der Waals surface area (Å²) in [4.78, 5) is 0. The second kappa shape index (κ2) is 10.1. The molecule has 0 heterocycles. The monoisotopic (exact) mass is 437 g/mol. The van der Waals surface area contributed by atoms with Crippen molar-refractivity contribution in [2.75, 3.05) is 12.4 Å². The van der Waals surface area contributed by atoms with E-state index in [2.05, 4.69) is 118 Å². The molecule has 0 aliphatic carbocycles. The summed E-state index contributed by atoms with van der Waals surface area (Å²) in [6.45, 7) is 9.12. The maximum atomic E-state index is 5.38. The van der Waals surface area contributed by atoms with Gasteiger partial charge in [-0.25, -0.2) is 0 Å². The topological polar surface area (TPSA) is 21.3 Å². The van der Waals surface area contributed by atoms with Gasteiger partial charge in [-0.15, -0.1) is 0 Å². The highest BCUT2D eigenvalue weighted by Gasteiger charge is 2.21. The number of rotatable bonds is 8. The fourth-order valence-corrected chi connectivity index (χ4v) is 4.72. The summed E-state index contributed by atoms with van der Waals surface area (Å²) in [6, 6.07) is 30.7. The van der Waals surface area contributed by atoms with Crippen LogP contribution >= 0.6 is 0 Å². The minimum atomic E-state index is 0.310. The average Bonchev–Trinajstić information content (AvgIpc) is 2.85. The molecule has 0 saturated carbocycles. The van der Waals surface area contributed by atoms with Crippen molar-refractivity contribution in [3.8, 4) is 5.75 Å². The van der Waals surface area contributed by atoms with E-state index in [-0.39, 0.29) is 0 Å². The number of benzene rings is 4. The first-order valence-electron chi connectivity index (χ1n) is 12.0. The predicted molar refractivity (Wildman–Crippen MR) is 142 cm³/mol. The molecule has 0 saturated heterocycles. The first kappa shape index (κ1) is 22.9. The average molecular weight is 438 g/mol. The third-order valence-electron chi connectivity index (χ3n) is 6.81. The van der Waals surface area contributed by atoms with Crippen LogP contribution in [0.3, 0.4) is 0 Å². The van der Waals surface area contributed by atoms with E-state index >= 15 is 0 Å². The Hall–Kier alpha value is -3.26. The maximum Gasteiger partial charge on any atom is 0.118 e. The van der Waals surface area contributed by atoms with E-state index in [1.54, 1.807) is 7.11 Å². The van der Waals surface area contributed by atoms with E-state index in [4.69, 9.17) is 4.74 Å². The fraction of sp³-hybridized carbons (Fsp3) is 0.290. The first-order valence-corrected chi connectivity index (χ1v) is 12.0. The molecule has 4 aromatic rings. The van der Waals surface area contributed by atoms with Crippen molar-refractivity contribution in [2.24, 2.45) is 5.92 Å². The zero-order chi connectivity index (χ0) is 23.4. The smallest absolute Gasteiger partial charge is 0.118 e. The lowest BCUT2D eigenvalue weighted by atomic mass is 9.80. The summed E-state index contributed by atoms with van der Waals surface area (Å²) in [5.74, 6) is 2.26. The molecule has 0 fully saturated rings. The van der Waals surface area contributed by atoms with Gasteiger partial charge in [-0.1, -0.05) is 82.3 Å². The largest absolute Gasteiger partial charge is 0.497 e. The van der Waals surface area contributed by atoms with Crippen molar-refractivity contribution < 1.29 is 4.74 Å². The molecule has 0 spiro atoms. The minimum absolute atomic E-state index is 0.310. The first-order chi connectivity index (χ1) is 16.0. The fourth-order valence-electron chi connectivity index (χ4n) is 4.72. The van der Waals surface area contributed by atoms with Crippen LogP contribution in [0.1, 0.15) is 62.6 Å². The highest BCUT2D eigenvalue weighted by atomic mass is 16.5. The molecule has 4 rings (SSSR count). The second-order valence-corrected chi connectivity index (χ2v) is 9.30. The number of nitrogens with one attached hydrogen (secondary N) is 1. The van der Waals surface area contributed by atoms with Crippen molar-refractivity contribution >= 4 is 22.1 Å². The van der Waals surface area contributed by atoms with Gasteiger partial charge in [-0.2, -0.15) is 0 Å². The maximum absolute atomic E-state index is 5.38. The number of hydrogen-bond donors (Lipinski definition) is 1. The van der Waals surface area contributed by atoms with Crippen LogP contribution < -0.4 is 10.1 Å². The summed E-state index contributed by atoms with van der Waals surface area (Å²) < 4.78 is 5.38. The van der Waals surface area contributed by atoms with Crippen molar-refractivity contribution in [1.82, 2.24) is 0 Å². The van der Waals surface area contributed by atoms with Gasteiger partial charge in [0.2, 0.25) is 0 Å². The Bertz CT molecular complexity index is 1190. The molecule has 1 N–H and O–H groups in total. The van der Waals surface area contributed by atoms with E-state index in [9.17, 15) is 0 Å². The summed E-state index contributed by atoms with van der Waals surface area (Å²) in [7, 11) is 1.71. The van der Waals surface area contributed by atoms with Crippen molar-refractivity contribution in [3.63, 3.8) is 0 Å². The third-order valence-corrected chi connectivity index (χ3v) is 6.81. The predicted octanol–water partition coefficient (Wildman–Crippen LogP) is 8.89. The van der Waals surface area contributed by atoms with Crippen LogP contribution in [0.25, 0.3) is 10.8 Å². The lowest BCUT2D eigenvalue weighted by molar-refractivity contribution is 0.414. The van der Waals surface area contributed by atoms with Crippen LogP contribution in [0, 0.1) is 5.92 Å². The number of hydrogen-bond acceptors (Lipinski definition) is 2. The zero-order valence-electron chi connectivity index (χ0n) is 20.4. The van der Waals surface area contributed by atoms with E-state index < -0.39 is 0 Å². The van der Waals surface area contributed by atoms with Crippen LogP contribution in [0.15, 0.2) is 84.9 Å². The molecule has 2 nitrogen and oxygen atoms in total. The van der Waals surface area contributed by atoms with Crippen molar-refractivity contribution in [1.29, 1.82) is 0 Å². The highest BCUT2D eigenvalue weighted by molar-refractivity contribution is 5.98. The highest BCUT2D eigenvalue weighted by Crippen LogP contribution is 2.39. The van der Waals surface area contributed by atoms with Gasteiger partial charge in [-0.05, 0) is 70.7 Å². The number of methoxy groups -OCH3 is 1. The molecule has 0 aliphatic heterocycles. The summed E-state index contributed by atoms with van der Waals surface area (Å²) >= 11 is 0. The van der Waals surface area contributed by atoms with E-state index in [1.165, 1.54) is 27.5 Å². The van der Waals surface area contributed by atoms with Crippen molar-refractivity contribution in [3.05, 3.63) is 102 Å². The quantitative estimate of drug-likeness (QED) is 0.297. The Morgan fingerprint density at radius 3 is 1.97 bits per heavy atom. The number of ether oxygens (including phenoxy) is 1. The molecular formula is C31H35NO. The third kappa shape index (κ3) is 4.90. The molecular weight excluding hydrogens is 402 g/mol. The summed E-state index contributed by atoms with van der Waals surface area (Å²) in [5.41, 5.74) is 6.33.